The van der Waals surface area contributed by atoms with Crippen molar-refractivity contribution in [3.05, 3.63) is 59.9 Å². The minimum Gasteiger partial charge on any atom is -0.328 e. The quantitative estimate of drug-likeness (QED) is 0.869. The van der Waals surface area contributed by atoms with E-state index in [9.17, 15) is 4.39 Å². The Morgan fingerprint density at radius 1 is 1.11 bits per heavy atom. The number of rotatable bonds is 4. The van der Waals surface area contributed by atoms with Gasteiger partial charge in [0, 0.05) is 11.6 Å². The minimum atomic E-state index is -0.179. The molecule has 18 heavy (non-hydrogen) atoms. The predicted molar refractivity (Wildman–Crippen MR) is 73.8 cm³/mol. The summed E-state index contributed by atoms with van der Waals surface area (Å²) in [6.45, 7) is 2.00. The first-order chi connectivity index (χ1) is 8.66. The number of aryl methyl sites for hydroxylation is 1. The average molecular weight is 243 g/mol. The van der Waals surface area contributed by atoms with E-state index in [0.29, 0.717) is 5.56 Å². The molecule has 0 radical (unpaired) electrons. The van der Waals surface area contributed by atoms with Crippen LogP contribution in [0.4, 0.5) is 4.39 Å². The van der Waals surface area contributed by atoms with Gasteiger partial charge in [-0.1, -0.05) is 42.5 Å². The Morgan fingerprint density at radius 3 is 2.61 bits per heavy atom. The van der Waals surface area contributed by atoms with Gasteiger partial charge in [0.15, 0.2) is 0 Å². The molecule has 94 valence electrons. The number of benzene rings is 2. The second kappa shape index (κ2) is 5.78. The van der Waals surface area contributed by atoms with Gasteiger partial charge in [0.25, 0.3) is 0 Å². The van der Waals surface area contributed by atoms with E-state index >= 15 is 0 Å². The zero-order valence-electron chi connectivity index (χ0n) is 10.6. The molecule has 0 aliphatic rings. The van der Waals surface area contributed by atoms with Crippen molar-refractivity contribution >= 4 is 0 Å². The Bertz CT molecular complexity index is 520. The molecule has 0 spiro atoms. The van der Waals surface area contributed by atoms with Gasteiger partial charge in [-0.2, -0.15) is 0 Å². The summed E-state index contributed by atoms with van der Waals surface area (Å²) in [7, 11) is 0. The lowest BCUT2D eigenvalue weighted by Gasteiger charge is -2.08. The summed E-state index contributed by atoms with van der Waals surface area (Å²) in [5, 5.41) is 0. The molecule has 2 heteroatoms. The number of halogens is 1. The molecule has 0 aromatic heterocycles. The third-order valence-corrected chi connectivity index (χ3v) is 3.00. The Hall–Kier alpha value is -1.67. The van der Waals surface area contributed by atoms with Crippen LogP contribution in [0.15, 0.2) is 48.5 Å². The Balaban J connectivity index is 2.25. The normalized spacial score (nSPS) is 12.4. The molecule has 0 fully saturated rings. The summed E-state index contributed by atoms with van der Waals surface area (Å²) < 4.78 is 13.7. The summed E-state index contributed by atoms with van der Waals surface area (Å²) >= 11 is 0. The Kier molecular flexibility index (Phi) is 4.11. The molecule has 1 unspecified atom stereocenters. The molecule has 0 bridgehead atoms. The molecule has 0 amide bonds. The highest BCUT2D eigenvalue weighted by Gasteiger charge is 2.05. The summed E-state index contributed by atoms with van der Waals surface area (Å²) in [5.74, 6) is -0.179. The molecule has 0 aliphatic carbocycles. The maximum absolute atomic E-state index is 13.7. The van der Waals surface area contributed by atoms with Crippen LogP contribution in [0.5, 0.6) is 0 Å². The first-order valence-corrected chi connectivity index (χ1v) is 6.26. The third kappa shape index (κ3) is 3.17. The second-order valence-electron chi connectivity index (χ2n) is 4.70. The van der Waals surface area contributed by atoms with Crippen molar-refractivity contribution in [2.24, 2.45) is 5.73 Å². The minimum absolute atomic E-state index is 0.179. The van der Waals surface area contributed by atoms with Crippen LogP contribution in [0.2, 0.25) is 0 Å². The van der Waals surface area contributed by atoms with Crippen molar-refractivity contribution in [1.82, 2.24) is 0 Å². The van der Waals surface area contributed by atoms with Crippen molar-refractivity contribution in [1.29, 1.82) is 0 Å². The second-order valence-corrected chi connectivity index (χ2v) is 4.70. The van der Waals surface area contributed by atoms with Crippen LogP contribution in [0.25, 0.3) is 11.1 Å². The van der Waals surface area contributed by atoms with Crippen LogP contribution in [-0.4, -0.2) is 6.04 Å². The lowest BCUT2D eigenvalue weighted by molar-refractivity contribution is 0.631. The smallest absolute Gasteiger partial charge is 0.131 e. The van der Waals surface area contributed by atoms with E-state index in [1.165, 1.54) is 11.6 Å². The molecule has 2 N–H and O–H groups in total. The molecule has 0 saturated heterocycles. The monoisotopic (exact) mass is 243 g/mol. The number of nitrogens with two attached hydrogens (primary N) is 1. The van der Waals surface area contributed by atoms with E-state index < -0.39 is 0 Å². The third-order valence-electron chi connectivity index (χ3n) is 3.00. The Morgan fingerprint density at radius 2 is 1.89 bits per heavy atom. The molecule has 0 saturated carbocycles. The molecular formula is C16H18FN. The predicted octanol–water partition coefficient (Wildman–Crippen LogP) is 3.77. The van der Waals surface area contributed by atoms with Crippen LogP contribution in [-0.2, 0) is 6.42 Å². The van der Waals surface area contributed by atoms with Crippen molar-refractivity contribution in [2.75, 3.05) is 0 Å². The van der Waals surface area contributed by atoms with Gasteiger partial charge in [-0.25, -0.2) is 4.39 Å². The molecular weight excluding hydrogens is 225 g/mol. The first-order valence-electron chi connectivity index (χ1n) is 6.26. The molecule has 2 rings (SSSR count). The topological polar surface area (TPSA) is 26.0 Å². The van der Waals surface area contributed by atoms with Crippen molar-refractivity contribution in [3.63, 3.8) is 0 Å². The van der Waals surface area contributed by atoms with E-state index in [4.69, 9.17) is 5.73 Å². The van der Waals surface area contributed by atoms with E-state index in [-0.39, 0.29) is 11.9 Å². The van der Waals surface area contributed by atoms with Gasteiger partial charge in [0.05, 0.1) is 0 Å². The highest BCUT2D eigenvalue weighted by Crippen LogP contribution is 2.23. The molecule has 0 aliphatic heterocycles. The Labute approximate surface area is 107 Å². The summed E-state index contributed by atoms with van der Waals surface area (Å²) in [5.41, 5.74) is 8.53. The number of hydrogen-bond acceptors (Lipinski definition) is 1. The van der Waals surface area contributed by atoms with Crippen LogP contribution < -0.4 is 5.73 Å². The first kappa shape index (κ1) is 12.8. The standard InChI is InChI=1S/C16H18FN/c1-12(18)9-10-13-5-4-6-14(11-13)15-7-2-3-8-16(15)17/h2-8,11-12H,9-10,18H2,1H3. The van der Waals surface area contributed by atoms with Crippen LogP contribution in [0, 0.1) is 5.82 Å². The SMILES string of the molecule is CC(N)CCc1cccc(-c2ccccc2F)c1. The fourth-order valence-electron chi connectivity index (χ4n) is 1.98. The van der Waals surface area contributed by atoms with E-state index in [1.54, 1.807) is 12.1 Å². The lowest BCUT2D eigenvalue weighted by Crippen LogP contribution is -2.15. The fraction of sp³-hybridized carbons (Fsp3) is 0.250. The van der Waals surface area contributed by atoms with E-state index in [1.807, 2.05) is 31.2 Å². The highest BCUT2D eigenvalue weighted by molar-refractivity contribution is 5.64. The van der Waals surface area contributed by atoms with Gasteiger partial charge in [-0.3, -0.25) is 0 Å². The van der Waals surface area contributed by atoms with Crippen LogP contribution in [0.1, 0.15) is 18.9 Å². The summed E-state index contributed by atoms with van der Waals surface area (Å²) in [4.78, 5) is 0. The molecule has 2 aromatic rings. The number of hydrogen-bond donors (Lipinski definition) is 1. The summed E-state index contributed by atoms with van der Waals surface area (Å²) in [6, 6.07) is 15.1. The highest BCUT2D eigenvalue weighted by atomic mass is 19.1. The lowest BCUT2D eigenvalue weighted by atomic mass is 9.99. The van der Waals surface area contributed by atoms with Gasteiger partial charge in [-0.15, -0.1) is 0 Å². The maximum Gasteiger partial charge on any atom is 0.131 e. The van der Waals surface area contributed by atoms with E-state index in [2.05, 4.69) is 6.07 Å². The molecule has 0 heterocycles. The largest absolute Gasteiger partial charge is 0.328 e. The van der Waals surface area contributed by atoms with Crippen molar-refractivity contribution < 1.29 is 4.39 Å². The van der Waals surface area contributed by atoms with E-state index in [0.717, 1.165) is 18.4 Å². The molecule has 1 nitrogen and oxygen atoms in total. The van der Waals surface area contributed by atoms with Crippen molar-refractivity contribution in [2.45, 2.75) is 25.8 Å². The van der Waals surface area contributed by atoms with Crippen molar-refractivity contribution in [3.8, 4) is 11.1 Å². The van der Waals surface area contributed by atoms with Gasteiger partial charge in [-0.05, 0) is 37.0 Å². The van der Waals surface area contributed by atoms with Gasteiger partial charge < -0.3 is 5.73 Å². The van der Waals surface area contributed by atoms with Crippen LogP contribution >= 0.6 is 0 Å². The zero-order valence-corrected chi connectivity index (χ0v) is 10.6. The van der Waals surface area contributed by atoms with Crippen LogP contribution in [0.3, 0.4) is 0 Å². The fourth-order valence-corrected chi connectivity index (χ4v) is 1.98. The average Bonchev–Trinajstić information content (AvgIpc) is 2.37. The molecule has 2 aromatic carbocycles. The molecule has 1 atom stereocenters. The summed E-state index contributed by atoms with van der Waals surface area (Å²) in [6.07, 6.45) is 1.88. The van der Waals surface area contributed by atoms with Gasteiger partial charge in [0.2, 0.25) is 0 Å². The maximum atomic E-state index is 13.7. The van der Waals surface area contributed by atoms with Gasteiger partial charge in [0.1, 0.15) is 5.82 Å². The van der Waals surface area contributed by atoms with Gasteiger partial charge >= 0.3 is 0 Å². The zero-order chi connectivity index (χ0) is 13.0.